The van der Waals surface area contributed by atoms with Crippen molar-refractivity contribution in [2.75, 3.05) is 0 Å². The third kappa shape index (κ3) is 2.92. The second-order valence-electron chi connectivity index (χ2n) is 4.86. The molecule has 2 nitrogen and oxygen atoms in total. The van der Waals surface area contributed by atoms with Crippen molar-refractivity contribution in [1.29, 1.82) is 0 Å². The van der Waals surface area contributed by atoms with E-state index in [4.69, 9.17) is 0 Å². The number of benzene rings is 2. The monoisotopic (exact) mass is 347 g/mol. The Balaban J connectivity index is 1.86. The van der Waals surface area contributed by atoms with Crippen LogP contribution in [0.1, 0.15) is 22.2 Å². The number of aliphatic hydroxyl groups excluding tert-OH is 1. The number of aliphatic hydroxyl groups is 1. The first-order valence-electron chi connectivity index (χ1n) is 6.41. The molecule has 1 N–H and O–H groups in total. The highest BCUT2D eigenvalue weighted by Crippen LogP contribution is 2.27. The number of hydrogen-bond donors (Lipinski definition) is 1. The summed E-state index contributed by atoms with van der Waals surface area (Å²) in [6.07, 6.45) is 0.0293. The maximum absolute atomic E-state index is 10.4. The van der Waals surface area contributed by atoms with Gasteiger partial charge in [0.05, 0.1) is 21.3 Å². The Bertz CT molecular complexity index is 700. The predicted octanol–water partition coefficient (Wildman–Crippen LogP) is 4.64. The molecule has 0 aliphatic rings. The Morgan fingerprint density at radius 1 is 1.25 bits per heavy atom. The highest BCUT2D eigenvalue weighted by molar-refractivity contribution is 9.10. The molecule has 0 saturated heterocycles. The zero-order chi connectivity index (χ0) is 14.1. The van der Waals surface area contributed by atoms with Gasteiger partial charge in [-0.1, -0.05) is 34.1 Å². The molecular weight excluding hydrogens is 334 g/mol. The van der Waals surface area contributed by atoms with E-state index in [-0.39, 0.29) is 0 Å². The number of aryl methyl sites for hydroxylation is 1. The molecule has 1 unspecified atom stereocenters. The smallest absolute Gasteiger partial charge is 0.0967 e. The van der Waals surface area contributed by atoms with Gasteiger partial charge in [-0.2, -0.15) is 0 Å². The fourth-order valence-corrected chi connectivity index (χ4v) is 3.88. The molecule has 0 radical (unpaired) electrons. The van der Waals surface area contributed by atoms with Gasteiger partial charge in [0, 0.05) is 10.9 Å². The summed E-state index contributed by atoms with van der Waals surface area (Å²) in [5.74, 6) is 0. The Kier molecular flexibility index (Phi) is 3.87. The van der Waals surface area contributed by atoms with E-state index in [0.29, 0.717) is 6.42 Å². The van der Waals surface area contributed by atoms with Crippen molar-refractivity contribution in [2.45, 2.75) is 19.4 Å². The molecule has 102 valence electrons. The summed E-state index contributed by atoms with van der Waals surface area (Å²) in [6, 6.07) is 14.1. The minimum absolute atomic E-state index is 0.522. The van der Waals surface area contributed by atoms with Gasteiger partial charge in [0.2, 0.25) is 0 Å². The molecule has 3 aromatic rings. The molecule has 0 saturated carbocycles. The molecule has 3 rings (SSSR count). The summed E-state index contributed by atoms with van der Waals surface area (Å²) < 4.78 is 2.16. The van der Waals surface area contributed by atoms with Crippen LogP contribution in [0.3, 0.4) is 0 Å². The predicted molar refractivity (Wildman–Crippen MR) is 87.2 cm³/mol. The lowest BCUT2D eigenvalue weighted by Crippen LogP contribution is -2.02. The molecule has 2 aromatic carbocycles. The van der Waals surface area contributed by atoms with E-state index < -0.39 is 6.10 Å². The van der Waals surface area contributed by atoms with Crippen molar-refractivity contribution < 1.29 is 5.11 Å². The van der Waals surface area contributed by atoms with Crippen LogP contribution in [0.25, 0.3) is 10.2 Å². The lowest BCUT2D eigenvalue weighted by molar-refractivity contribution is 0.178. The lowest BCUT2D eigenvalue weighted by atomic mass is 10.0. The minimum atomic E-state index is -0.522. The fraction of sp³-hybridized carbons (Fsp3) is 0.188. The first kappa shape index (κ1) is 13.7. The van der Waals surface area contributed by atoms with E-state index in [9.17, 15) is 5.11 Å². The average Bonchev–Trinajstić information content (AvgIpc) is 2.79. The van der Waals surface area contributed by atoms with Crippen molar-refractivity contribution >= 4 is 37.5 Å². The van der Waals surface area contributed by atoms with Crippen LogP contribution in [-0.4, -0.2) is 10.1 Å². The summed E-state index contributed by atoms with van der Waals surface area (Å²) in [7, 11) is 0. The summed E-state index contributed by atoms with van der Waals surface area (Å²) in [5, 5.41) is 11.4. The molecule has 4 heteroatoms. The Hall–Kier alpha value is -1.23. The van der Waals surface area contributed by atoms with Crippen molar-refractivity contribution in [3.05, 3.63) is 63.1 Å². The second kappa shape index (κ2) is 5.64. The zero-order valence-corrected chi connectivity index (χ0v) is 13.4. The molecule has 0 fully saturated rings. The van der Waals surface area contributed by atoms with Crippen LogP contribution in [0.2, 0.25) is 0 Å². The van der Waals surface area contributed by atoms with Crippen LogP contribution in [-0.2, 0) is 6.42 Å². The van der Waals surface area contributed by atoms with E-state index in [1.54, 1.807) is 11.3 Å². The molecule has 1 atom stereocenters. The first-order chi connectivity index (χ1) is 9.61. The molecule has 20 heavy (non-hydrogen) atoms. The zero-order valence-electron chi connectivity index (χ0n) is 11.0. The van der Waals surface area contributed by atoms with Crippen LogP contribution in [0.4, 0.5) is 0 Å². The van der Waals surface area contributed by atoms with E-state index in [0.717, 1.165) is 26.1 Å². The van der Waals surface area contributed by atoms with E-state index in [2.05, 4.69) is 27.0 Å². The van der Waals surface area contributed by atoms with Gasteiger partial charge in [-0.05, 0) is 42.3 Å². The van der Waals surface area contributed by atoms with E-state index >= 15 is 0 Å². The van der Waals surface area contributed by atoms with Gasteiger partial charge in [-0.15, -0.1) is 11.3 Å². The number of nitrogens with zero attached hydrogens (tertiary/aromatic N) is 1. The molecular formula is C16H14BrNOS. The van der Waals surface area contributed by atoms with Crippen molar-refractivity contribution in [2.24, 2.45) is 0 Å². The number of hydrogen-bond acceptors (Lipinski definition) is 3. The standard InChI is InChI=1S/C16H14BrNOS/c1-10-6-11(8-12(17)7-10)14(19)9-16-18-13-4-2-3-5-15(13)20-16/h2-8,14,19H,9H2,1H3. The summed E-state index contributed by atoms with van der Waals surface area (Å²) >= 11 is 5.12. The maximum Gasteiger partial charge on any atom is 0.0967 e. The van der Waals surface area contributed by atoms with Crippen molar-refractivity contribution in [3.63, 3.8) is 0 Å². The van der Waals surface area contributed by atoms with Gasteiger partial charge in [0.15, 0.2) is 0 Å². The summed E-state index contributed by atoms with van der Waals surface area (Å²) in [5.41, 5.74) is 3.07. The van der Waals surface area contributed by atoms with Crippen molar-refractivity contribution in [3.8, 4) is 0 Å². The second-order valence-corrected chi connectivity index (χ2v) is 6.89. The largest absolute Gasteiger partial charge is 0.388 e. The molecule has 0 amide bonds. The molecule has 0 aliphatic carbocycles. The number of fused-ring (bicyclic) bond motifs is 1. The molecule has 0 bridgehead atoms. The van der Waals surface area contributed by atoms with Gasteiger partial charge < -0.3 is 5.11 Å². The summed E-state index contributed by atoms with van der Waals surface area (Å²) in [6.45, 7) is 2.03. The van der Waals surface area contributed by atoms with Gasteiger partial charge in [0.1, 0.15) is 0 Å². The van der Waals surface area contributed by atoms with E-state index in [1.807, 2.05) is 43.3 Å². The molecule has 1 heterocycles. The van der Waals surface area contributed by atoms with Gasteiger partial charge in [-0.25, -0.2) is 4.98 Å². The first-order valence-corrected chi connectivity index (χ1v) is 8.02. The Morgan fingerprint density at radius 3 is 2.80 bits per heavy atom. The number of halogens is 1. The average molecular weight is 348 g/mol. The van der Waals surface area contributed by atoms with Crippen LogP contribution in [0.15, 0.2) is 46.9 Å². The SMILES string of the molecule is Cc1cc(Br)cc(C(O)Cc2nc3ccccc3s2)c1. The highest BCUT2D eigenvalue weighted by Gasteiger charge is 2.13. The lowest BCUT2D eigenvalue weighted by Gasteiger charge is -2.10. The van der Waals surface area contributed by atoms with E-state index in [1.165, 1.54) is 4.70 Å². The van der Waals surface area contributed by atoms with Gasteiger partial charge in [-0.3, -0.25) is 0 Å². The van der Waals surface area contributed by atoms with Crippen molar-refractivity contribution in [1.82, 2.24) is 4.98 Å². The van der Waals surface area contributed by atoms with Gasteiger partial charge >= 0.3 is 0 Å². The van der Waals surface area contributed by atoms with Crippen LogP contribution < -0.4 is 0 Å². The minimum Gasteiger partial charge on any atom is -0.388 e. The number of rotatable bonds is 3. The normalized spacial score (nSPS) is 12.8. The molecule has 0 spiro atoms. The third-order valence-electron chi connectivity index (χ3n) is 3.16. The summed E-state index contributed by atoms with van der Waals surface area (Å²) in [4.78, 5) is 4.57. The number of thiazole rings is 1. The Morgan fingerprint density at radius 2 is 2.05 bits per heavy atom. The maximum atomic E-state index is 10.4. The number of aromatic nitrogens is 1. The molecule has 0 aliphatic heterocycles. The van der Waals surface area contributed by atoms with Gasteiger partial charge in [0.25, 0.3) is 0 Å². The van der Waals surface area contributed by atoms with Crippen LogP contribution in [0.5, 0.6) is 0 Å². The highest BCUT2D eigenvalue weighted by atomic mass is 79.9. The third-order valence-corrected chi connectivity index (χ3v) is 4.67. The fourth-order valence-electron chi connectivity index (χ4n) is 2.25. The van der Waals surface area contributed by atoms with Crippen LogP contribution in [0, 0.1) is 6.92 Å². The quantitative estimate of drug-likeness (QED) is 0.748. The topological polar surface area (TPSA) is 33.1 Å². The Labute approximate surface area is 130 Å². The number of para-hydroxylation sites is 1. The molecule has 1 aromatic heterocycles. The van der Waals surface area contributed by atoms with Crippen LogP contribution >= 0.6 is 27.3 Å².